The van der Waals surface area contributed by atoms with Crippen LogP contribution in [-0.4, -0.2) is 22.7 Å². The van der Waals surface area contributed by atoms with E-state index in [9.17, 15) is 9.59 Å². The molecule has 1 aliphatic rings. The van der Waals surface area contributed by atoms with Crippen LogP contribution in [0.15, 0.2) is 30.3 Å². The first-order valence-electron chi connectivity index (χ1n) is 7.11. The van der Waals surface area contributed by atoms with E-state index in [0.29, 0.717) is 5.92 Å². The minimum absolute atomic E-state index is 0.0948. The number of carboxylic acid groups (broad SMARTS) is 1. The zero-order valence-corrected chi connectivity index (χ0v) is 12.3. The van der Waals surface area contributed by atoms with Crippen molar-refractivity contribution in [2.75, 3.05) is 0 Å². The van der Waals surface area contributed by atoms with Crippen molar-refractivity contribution in [1.29, 1.82) is 0 Å². The van der Waals surface area contributed by atoms with Gasteiger partial charge in [-0.15, -0.1) is 0 Å². The molecule has 0 saturated heterocycles. The normalized spacial score (nSPS) is 23.0. The Morgan fingerprint density at radius 1 is 1.38 bits per heavy atom. The molecule has 0 aliphatic heterocycles. The molecule has 3 unspecified atom stereocenters. The quantitative estimate of drug-likeness (QED) is 0.845. The van der Waals surface area contributed by atoms with Gasteiger partial charge in [0.15, 0.2) is 0 Å². The average molecular weight is 291 g/mol. The third-order valence-corrected chi connectivity index (χ3v) is 4.05. The molecule has 1 aliphatic carbocycles. The van der Waals surface area contributed by atoms with Crippen molar-refractivity contribution >= 4 is 12.1 Å². The number of benzene rings is 1. The third-order valence-electron chi connectivity index (χ3n) is 4.05. The molecular weight excluding hydrogens is 270 g/mol. The van der Waals surface area contributed by atoms with E-state index in [2.05, 4.69) is 12.2 Å². The summed E-state index contributed by atoms with van der Waals surface area (Å²) in [5, 5.41) is 11.8. The minimum Gasteiger partial charge on any atom is -0.481 e. The van der Waals surface area contributed by atoms with Gasteiger partial charge in [0, 0.05) is 0 Å². The maximum absolute atomic E-state index is 11.9. The SMILES string of the molecule is CC1CC1C(C)(CC(=O)O)NC(=O)OCc1ccccc1. The zero-order chi connectivity index (χ0) is 15.5. The molecule has 5 nitrogen and oxygen atoms in total. The summed E-state index contributed by atoms with van der Waals surface area (Å²) < 4.78 is 5.18. The van der Waals surface area contributed by atoms with E-state index in [-0.39, 0.29) is 18.9 Å². The molecule has 1 amide bonds. The Morgan fingerprint density at radius 2 is 2.00 bits per heavy atom. The number of hydrogen-bond donors (Lipinski definition) is 2. The number of aliphatic carboxylic acids is 1. The number of hydrogen-bond acceptors (Lipinski definition) is 3. The van der Waals surface area contributed by atoms with Gasteiger partial charge in [-0.3, -0.25) is 4.79 Å². The molecule has 1 fully saturated rings. The van der Waals surface area contributed by atoms with Crippen molar-refractivity contribution in [3.05, 3.63) is 35.9 Å². The molecule has 5 heteroatoms. The van der Waals surface area contributed by atoms with Crippen molar-refractivity contribution in [2.45, 2.75) is 38.8 Å². The molecule has 3 atom stereocenters. The average Bonchev–Trinajstić information content (AvgIpc) is 3.15. The number of carboxylic acids is 1. The van der Waals surface area contributed by atoms with E-state index < -0.39 is 17.6 Å². The van der Waals surface area contributed by atoms with Gasteiger partial charge >= 0.3 is 12.1 Å². The van der Waals surface area contributed by atoms with Crippen LogP contribution >= 0.6 is 0 Å². The van der Waals surface area contributed by atoms with Crippen LogP contribution in [0.5, 0.6) is 0 Å². The van der Waals surface area contributed by atoms with Crippen LogP contribution < -0.4 is 5.32 Å². The topological polar surface area (TPSA) is 75.6 Å². The molecule has 2 N–H and O–H groups in total. The third kappa shape index (κ3) is 4.21. The van der Waals surface area contributed by atoms with E-state index in [1.807, 2.05) is 30.3 Å². The van der Waals surface area contributed by atoms with Gasteiger partial charge in [0.05, 0.1) is 12.0 Å². The number of carbonyl (C=O) groups excluding carboxylic acids is 1. The lowest BCUT2D eigenvalue weighted by Gasteiger charge is -2.29. The Hall–Kier alpha value is -2.04. The van der Waals surface area contributed by atoms with E-state index in [0.717, 1.165) is 12.0 Å². The summed E-state index contributed by atoms with van der Waals surface area (Å²) in [6.07, 6.45) is 0.271. The highest BCUT2D eigenvalue weighted by molar-refractivity contribution is 5.73. The fourth-order valence-corrected chi connectivity index (χ4v) is 2.78. The number of nitrogens with one attached hydrogen (secondary N) is 1. The van der Waals surface area contributed by atoms with Gasteiger partial charge in [0.1, 0.15) is 6.61 Å². The van der Waals surface area contributed by atoms with Crippen LogP contribution in [0.1, 0.15) is 32.3 Å². The van der Waals surface area contributed by atoms with Crippen LogP contribution in [0.3, 0.4) is 0 Å². The van der Waals surface area contributed by atoms with Crippen molar-refractivity contribution in [2.24, 2.45) is 11.8 Å². The van der Waals surface area contributed by atoms with Crippen molar-refractivity contribution < 1.29 is 19.4 Å². The van der Waals surface area contributed by atoms with Crippen molar-refractivity contribution in [1.82, 2.24) is 5.32 Å². The molecule has 0 radical (unpaired) electrons. The minimum atomic E-state index is -0.917. The standard InChI is InChI=1S/C16H21NO4/c1-11-8-13(11)16(2,9-14(18)19)17-15(20)21-10-12-6-4-3-5-7-12/h3-7,11,13H,8-10H2,1-2H3,(H,17,20)(H,18,19). The fraction of sp³-hybridized carbons (Fsp3) is 0.500. The van der Waals surface area contributed by atoms with E-state index in [4.69, 9.17) is 9.84 Å². The molecule has 21 heavy (non-hydrogen) atoms. The first-order valence-corrected chi connectivity index (χ1v) is 7.11. The van der Waals surface area contributed by atoms with E-state index >= 15 is 0 Å². The molecule has 0 heterocycles. The number of alkyl carbamates (subject to hydrolysis) is 1. The highest BCUT2D eigenvalue weighted by Gasteiger charge is 2.49. The monoisotopic (exact) mass is 291 g/mol. The molecule has 0 bridgehead atoms. The first-order chi connectivity index (χ1) is 9.90. The smallest absolute Gasteiger partial charge is 0.407 e. The summed E-state index contributed by atoms with van der Waals surface area (Å²) in [6, 6.07) is 9.37. The van der Waals surface area contributed by atoms with Crippen LogP contribution in [0.25, 0.3) is 0 Å². The Morgan fingerprint density at radius 3 is 2.52 bits per heavy atom. The summed E-state index contributed by atoms with van der Waals surface area (Å²) >= 11 is 0. The van der Waals surface area contributed by atoms with Crippen LogP contribution in [0.4, 0.5) is 4.79 Å². The Bertz CT molecular complexity index is 516. The second-order valence-electron chi connectivity index (χ2n) is 5.99. The molecule has 2 rings (SSSR count). The maximum atomic E-state index is 11.9. The van der Waals surface area contributed by atoms with Gasteiger partial charge in [0.25, 0.3) is 0 Å². The zero-order valence-electron chi connectivity index (χ0n) is 12.3. The lowest BCUT2D eigenvalue weighted by molar-refractivity contribution is -0.138. The predicted molar refractivity (Wildman–Crippen MR) is 77.7 cm³/mol. The molecule has 0 aromatic heterocycles. The Balaban J connectivity index is 1.90. The highest BCUT2D eigenvalue weighted by atomic mass is 16.5. The summed E-state index contributed by atoms with van der Waals surface area (Å²) in [5.74, 6) is -0.290. The molecule has 1 aromatic carbocycles. The summed E-state index contributed by atoms with van der Waals surface area (Å²) in [6.45, 7) is 4.01. The number of rotatable bonds is 6. The van der Waals surface area contributed by atoms with Gasteiger partial charge in [-0.25, -0.2) is 4.79 Å². The molecule has 114 valence electrons. The molecule has 0 spiro atoms. The van der Waals surface area contributed by atoms with Crippen molar-refractivity contribution in [3.8, 4) is 0 Å². The lowest BCUT2D eigenvalue weighted by atomic mass is 9.90. The Labute approximate surface area is 124 Å². The fourth-order valence-electron chi connectivity index (χ4n) is 2.78. The number of ether oxygens (including phenoxy) is 1. The van der Waals surface area contributed by atoms with Crippen LogP contribution in [0, 0.1) is 11.8 Å². The second-order valence-corrected chi connectivity index (χ2v) is 5.99. The lowest BCUT2D eigenvalue weighted by Crippen LogP contribution is -2.49. The molecule has 1 saturated carbocycles. The molecular formula is C16H21NO4. The molecule has 1 aromatic rings. The maximum Gasteiger partial charge on any atom is 0.407 e. The Kier molecular flexibility index (Phi) is 4.50. The summed E-state index contributed by atoms with van der Waals surface area (Å²) in [4.78, 5) is 22.9. The number of carbonyl (C=O) groups is 2. The van der Waals surface area contributed by atoms with Gasteiger partial charge in [0.2, 0.25) is 0 Å². The second kappa shape index (κ2) is 6.16. The number of amides is 1. The van der Waals surface area contributed by atoms with Gasteiger partial charge < -0.3 is 15.2 Å². The van der Waals surface area contributed by atoms with E-state index in [1.54, 1.807) is 6.92 Å². The summed E-state index contributed by atoms with van der Waals surface area (Å²) in [5.41, 5.74) is 0.145. The van der Waals surface area contributed by atoms with Crippen LogP contribution in [-0.2, 0) is 16.1 Å². The van der Waals surface area contributed by atoms with E-state index in [1.165, 1.54) is 0 Å². The van der Waals surface area contributed by atoms with Gasteiger partial charge in [-0.2, -0.15) is 0 Å². The largest absolute Gasteiger partial charge is 0.481 e. The first kappa shape index (κ1) is 15.4. The van der Waals surface area contributed by atoms with Crippen LogP contribution in [0.2, 0.25) is 0 Å². The van der Waals surface area contributed by atoms with Crippen molar-refractivity contribution in [3.63, 3.8) is 0 Å². The predicted octanol–water partition coefficient (Wildman–Crippen LogP) is 2.80. The highest BCUT2D eigenvalue weighted by Crippen LogP contribution is 2.47. The van der Waals surface area contributed by atoms with Gasteiger partial charge in [-0.05, 0) is 30.7 Å². The summed E-state index contributed by atoms with van der Waals surface area (Å²) in [7, 11) is 0. The van der Waals surface area contributed by atoms with Gasteiger partial charge in [-0.1, -0.05) is 37.3 Å².